The van der Waals surface area contributed by atoms with Crippen molar-refractivity contribution in [2.45, 2.75) is 13.8 Å². The minimum absolute atomic E-state index is 0.0405. The summed E-state index contributed by atoms with van der Waals surface area (Å²) in [7, 11) is 0. The summed E-state index contributed by atoms with van der Waals surface area (Å²) in [6.07, 6.45) is 0. The van der Waals surface area contributed by atoms with Gasteiger partial charge in [0.25, 0.3) is 0 Å². The molecule has 1 aromatic rings. The van der Waals surface area contributed by atoms with Crippen LogP contribution < -0.4 is 9.47 Å². The zero-order valence-corrected chi connectivity index (χ0v) is 8.31. The molecule has 0 aliphatic rings. The Hall–Kier alpha value is -2.04. The van der Waals surface area contributed by atoms with Gasteiger partial charge in [-0.15, -0.1) is 0 Å². The van der Waals surface area contributed by atoms with Gasteiger partial charge in [-0.2, -0.15) is 0 Å². The molecule has 1 N–H and O–H groups in total. The third kappa shape index (κ3) is 2.98. The Bertz CT molecular complexity index is 363. The SMILES string of the molecule is CC(=O)Oc1cccc(OC(C)=O)c1O. The van der Waals surface area contributed by atoms with Crippen LogP contribution >= 0.6 is 0 Å². The summed E-state index contributed by atoms with van der Waals surface area (Å²) in [6, 6.07) is 4.28. The lowest BCUT2D eigenvalue weighted by molar-refractivity contribution is -0.132. The fourth-order valence-corrected chi connectivity index (χ4v) is 0.977. The number of phenols is 1. The van der Waals surface area contributed by atoms with E-state index in [4.69, 9.17) is 0 Å². The highest BCUT2D eigenvalue weighted by Crippen LogP contribution is 2.35. The predicted octanol–water partition coefficient (Wildman–Crippen LogP) is 1.24. The second-order valence-electron chi connectivity index (χ2n) is 2.79. The molecule has 0 aliphatic carbocycles. The lowest BCUT2D eigenvalue weighted by Crippen LogP contribution is -2.04. The Morgan fingerprint density at radius 1 is 1.07 bits per heavy atom. The van der Waals surface area contributed by atoms with Gasteiger partial charge in [0.2, 0.25) is 5.75 Å². The smallest absolute Gasteiger partial charge is 0.308 e. The monoisotopic (exact) mass is 210 g/mol. The van der Waals surface area contributed by atoms with Crippen molar-refractivity contribution in [1.29, 1.82) is 0 Å². The van der Waals surface area contributed by atoms with Crippen LogP contribution in [0.5, 0.6) is 17.2 Å². The van der Waals surface area contributed by atoms with Gasteiger partial charge in [-0.1, -0.05) is 6.07 Å². The second kappa shape index (κ2) is 4.45. The minimum Gasteiger partial charge on any atom is -0.502 e. The molecular formula is C10H10O5. The maximum absolute atomic E-state index is 10.7. The van der Waals surface area contributed by atoms with Gasteiger partial charge in [-0.05, 0) is 12.1 Å². The van der Waals surface area contributed by atoms with Gasteiger partial charge in [-0.25, -0.2) is 0 Å². The average Bonchev–Trinajstić information content (AvgIpc) is 2.10. The van der Waals surface area contributed by atoms with Crippen LogP contribution in [0.15, 0.2) is 18.2 Å². The first kappa shape index (κ1) is 11.0. The fourth-order valence-electron chi connectivity index (χ4n) is 0.977. The van der Waals surface area contributed by atoms with Gasteiger partial charge in [0, 0.05) is 13.8 Å². The zero-order valence-electron chi connectivity index (χ0n) is 8.31. The van der Waals surface area contributed by atoms with Crippen LogP contribution in [0.25, 0.3) is 0 Å². The highest BCUT2D eigenvalue weighted by Gasteiger charge is 2.12. The molecule has 0 saturated heterocycles. The van der Waals surface area contributed by atoms with E-state index in [1.165, 1.54) is 32.0 Å². The van der Waals surface area contributed by atoms with Crippen molar-refractivity contribution < 1.29 is 24.2 Å². The van der Waals surface area contributed by atoms with Gasteiger partial charge in [-0.3, -0.25) is 9.59 Å². The van der Waals surface area contributed by atoms with Crippen LogP contribution in [0, 0.1) is 0 Å². The van der Waals surface area contributed by atoms with E-state index in [0.717, 1.165) is 0 Å². The van der Waals surface area contributed by atoms with Gasteiger partial charge in [0.1, 0.15) is 0 Å². The molecule has 1 aromatic carbocycles. The van der Waals surface area contributed by atoms with Gasteiger partial charge in [0.15, 0.2) is 11.5 Å². The van der Waals surface area contributed by atoms with E-state index in [9.17, 15) is 14.7 Å². The molecule has 0 amide bonds. The number of hydrogen-bond acceptors (Lipinski definition) is 5. The van der Waals surface area contributed by atoms with Crippen LogP contribution in [0.4, 0.5) is 0 Å². The highest BCUT2D eigenvalue weighted by atomic mass is 16.6. The van der Waals surface area contributed by atoms with E-state index in [1.54, 1.807) is 0 Å². The molecule has 5 heteroatoms. The largest absolute Gasteiger partial charge is 0.502 e. The zero-order chi connectivity index (χ0) is 11.4. The normalized spacial score (nSPS) is 9.47. The molecule has 15 heavy (non-hydrogen) atoms. The number of esters is 2. The Morgan fingerprint density at radius 2 is 1.47 bits per heavy atom. The van der Waals surface area contributed by atoms with E-state index in [1.807, 2.05) is 0 Å². The van der Waals surface area contributed by atoms with E-state index in [0.29, 0.717) is 0 Å². The van der Waals surface area contributed by atoms with Crippen molar-refractivity contribution in [1.82, 2.24) is 0 Å². The molecule has 0 bridgehead atoms. The molecule has 0 aromatic heterocycles. The Balaban J connectivity index is 2.99. The standard InChI is InChI=1S/C10H10O5/c1-6(11)14-8-4-3-5-9(10(8)13)15-7(2)12/h3-5,13H,1-2H3. The van der Waals surface area contributed by atoms with Crippen LogP contribution in [-0.4, -0.2) is 17.0 Å². The minimum atomic E-state index is -0.565. The first-order valence-electron chi connectivity index (χ1n) is 4.19. The maximum Gasteiger partial charge on any atom is 0.308 e. The van der Waals surface area contributed by atoms with E-state index >= 15 is 0 Å². The average molecular weight is 210 g/mol. The summed E-state index contributed by atoms with van der Waals surface area (Å²) < 4.78 is 9.37. The molecule has 0 atom stereocenters. The molecule has 0 aliphatic heterocycles. The lowest BCUT2D eigenvalue weighted by Gasteiger charge is -2.07. The number of carbonyl (C=O) groups excluding carboxylic acids is 2. The van der Waals surface area contributed by atoms with Crippen molar-refractivity contribution >= 4 is 11.9 Å². The first-order valence-corrected chi connectivity index (χ1v) is 4.19. The Morgan fingerprint density at radius 3 is 1.80 bits per heavy atom. The molecule has 0 radical (unpaired) electrons. The molecule has 0 heterocycles. The number of rotatable bonds is 2. The van der Waals surface area contributed by atoms with Crippen LogP contribution in [0.3, 0.4) is 0 Å². The highest BCUT2D eigenvalue weighted by molar-refractivity contribution is 5.73. The predicted molar refractivity (Wildman–Crippen MR) is 50.7 cm³/mol. The summed E-state index contributed by atoms with van der Waals surface area (Å²) in [5.41, 5.74) is 0. The van der Waals surface area contributed by atoms with Gasteiger partial charge < -0.3 is 14.6 Å². The van der Waals surface area contributed by atoms with Crippen LogP contribution in [0.2, 0.25) is 0 Å². The van der Waals surface area contributed by atoms with Crippen molar-refractivity contribution in [3.05, 3.63) is 18.2 Å². The summed E-state index contributed by atoms with van der Waals surface area (Å²) in [4.78, 5) is 21.3. The fraction of sp³-hybridized carbons (Fsp3) is 0.200. The molecule has 0 saturated carbocycles. The Kier molecular flexibility index (Phi) is 3.28. The lowest BCUT2D eigenvalue weighted by atomic mass is 10.3. The third-order valence-electron chi connectivity index (χ3n) is 1.47. The van der Waals surface area contributed by atoms with Crippen LogP contribution in [0.1, 0.15) is 13.8 Å². The summed E-state index contributed by atoms with van der Waals surface area (Å²) in [5.74, 6) is -1.58. The molecule has 1 rings (SSSR count). The molecule has 80 valence electrons. The summed E-state index contributed by atoms with van der Waals surface area (Å²) >= 11 is 0. The molecule has 0 spiro atoms. The third-order valence-corrected chi connectivity index (χ3v) is 1.47. The van der Waals surface area contributed by atoms with E-state index < -0.39 is 11.9 Å². The van der Waals surface area contributed by atoms with E-state index in [-0.39, 0.29) is 17.2 Å². The Labute approximate surface area is 86.2 Å². The molecule has 0 unspecified atom stereocenters. The topological polar surface area (TPSA) is 72.8 Å². The molecule has 5 nitrogen and oxygen atoms in total. The van der Waals surface area contributed by atoms with Crippen molar-refractivity contribution in [3.63, 3.8) is 0 Å². The number of para-hydroxylation sites is 1. The van der Waals surface area contributed by atoms with Crippen molar-refractivity contribution in [3.8, 4) is 17.2 Å². The molecular weight excluding hydrogens is 200 g/mol. The number of hydrogen-bond donors (Lipinski definition) is 1. The molecule has 0 fully saturated rings. The second-order valence-corrected chi connectivity index (χ2v) is 2.79. The quantitative estimate of drug-likeness (QED) is 0.587. The maximum atomic E-state index is 10.7. The first-order chi connectivity index (χ1) is 7.00. The number of carbonyl (C=O) groups is 2. The summed E-state index contributed by atoms with van der Waals surface area (Å²) in [6.45, 7) is 2.41. The number of ether oxygens (including phenoxy) is 2. The number of aromatic hydroxyl groups is 1. The van der Waals surface area contributed by atoms with E-state index in [2.05, 4.69) is 9.47 Å². The summed E-state index contributed by atoms with van der Waals surface area (Å²) in [5, 5.41) is 9.53. The van der Waals surface area contributed by atoms with Crippen molar-refractivity contribution in [2.24, 2.45) is 0 Å². The van der Waals surface area contributed by atoms with Crippen LogP contribution in [-0.2, 0) is 9.59 Å². The number of benzene rings is 1. The van der Waals surface area contributed by atoms with Crippen molar-refractivity contribution in [2.75, 3.05) is 0 Å². The number of phenolic OH excluding ortho intramolecular Hbond substituents is 1. The van der Waals surface area contributed by atoms with Gasteiger partial charge >= 0.3 is 11.9 Å². The van der Waals surface area contributed by atoms with Gasteiger partial charge in [0.05, 0.1) is 0 Å².